The van der Waals surface area contributed by atoms with E-state index in [1.54, 1.807) is 0 Å². The van der Waals surface area contributed by atoms with Crippen LogP contribution in [-0.4, -0.2) is 36.5 Å². The molecule has 2 fully saturated rings. The standard InChI is InChI=1S/C19H28N2O/c1-2-13-21-14-9-17(10-15-21)20-18(22)19(11-6-12-19)16-7-4-3-5-8-16/h3-5,7-8,17H,2,6,9-15H2,1H3,(H,20,22). The summed E-state index contributed by atoms with van der Waals surface area (Å²) in [7, 11) is 0. The number of piperidine rings is 1. The molecule has 0 spiro atoms. The van der Waals surface area contributed by atoms with E-state index in [1.807, 2.05) is 18.2 Å². The van der Waals surface area contributed by atoms with Crippen LogP contribution in [0, 0.1) is 0 Å². The van der Waals surface area contributed by atoms with Crippen molar-refractivity contribution in [2.45, 2.75) is 56.9 Å². The summed E-state index contributed by atoms with van der Waals surface area (Å²) in [5.41, 5.74) is 0.948. The van der Waals surface area contributed by atoms with E-state index in [-0.39, 0.29) is 11.3 Å². The lowest BCUT2D eigenvalue weighted by atomic mass is 9.63. The number of nitrogens with zero attached hydrogens (tertiary/aromatic N) is 1. The molecule has 0 radical (unpaired) electrons. The molecule has 1 saturated heterocycles. The van der Waals surface area contributed by atoms with Gasteiger partial charge in [0, 0.05) is 19.1 Å². The van der Waals surface area contributed by atoms with Gasteiger partial charge < -0.3 is 10.2 Å². The Labute approximate surface area is 134 Å². The maximum Gasteiger partial charge on any atom is 0.230 e. The summed E-state index contributed by atoms with van der Waals surface area (Å²) in [6.07, 6.45) is 6.56. The molecule has 0 atom stereocenters. The Balaban J connectivity index is 1.60. The van der Waals surface area contributed by atoms with Crippen LogP contribution in [0.3, 0.4) is 0 Å². The first-order valence-corrected chi connectivity index (χ1v) is 8.83. The van der Waals surface area contributed by atoms with Crippen molar-refractivity contribution in [2.24, 2.45) is 0 Å². The molecule has 2 aliphatic rings. The second-order valence-corrected chi connectivity index (χ2v) is 6.89. The van der Waals surface area contributed by atoms with Gasteiger partial charge in [0.25, 0.3) is 0 Å². The molecule has 0 aromatic heterocycles. The third-order valence-corrected chi connectivity index (χ3v) is 5.43. The number of benzene rings is 1. The van der Waals surface area contributed by atoms with Crippen molar-refractivity contribution in [3.05, 3.63) is 35.9 Å². The maximum atomic E-state index is 12.9. The minimum atomic E-state index is -0.248. The molecule has 0 bridgehead atoms. The summed E-state index contributed by atoms with van der Waals surface area (Å²) in [6, 6.07) is 10.7. The zero-order valence-electron chi connectivity index (χ0n) is 13.7. The summed E-state index contributed by atoms with van der Waals surface area (Å²) >= 11 is 0. The molecule has 1 saturated carbocycles. The number of nitrogens with one attached hydrogen (secondary N) is 1. The highest BCUT2D eigenvalue weighted by atomic mass is 16.2. The van der Waals surface area contributed by atoms with Gasteiger partial charge in [0.15, 0.2) is 0 Å². The van der Waals surface area contributed by atoms with Crippen LogP contribution in [0.1, 0.15) is 51.0 Å². The zero-order chi connectivity index (χ0) is 15.4. The van der Waals surface area contributed by atoms with Gasteiger partial charge in [-0.05, 0) is 44.2 Å². The molecule has 1 amide bonds. The number of hydrogen-bond acceptors (Lipinski definition) is 2. The van der Waals surface area contributed by atoms with Gasteiger partial charge in [-0.2, -0.15) is 0 Å². The van der Waals surface area contributed by atoms with Crippen LogP contribution < -0.4 is 5.32 Å². The monoisotopic (exact) mass is 300 g/mol. The van der Waals surface area contributed by atoms with Gasteiger partial charge in [-0.25, -0.2) is 0 Å². The molecule has 0 unspecified atom stereocenters. The van der Waals surface area contributed by atoms with Crippen LogP contribution in [0.25, 0.3) is 0 Å². The summed E-state index contributed by atoms with van der Waals surface area (Å²) in [6.45, 7) is 5.66. The van der Waals surface area contributed by atoms with Crippen molar-refractivity contribution in [2.75, 3.05) is 19.6 Å². The summed E-state index contributed by atoms with van der Waals surface area (Å²) in [5.74, 6) is 0.263. The van der Waals surface area contributed by atoms with E-state index in [0.717, 1.165) is 45.2 Å². The minimum absolute atomic E-state index is 0.248. The Hall–Kier alpha value is -1.35. The van der Waals surface area contributed by atoms with Crippen molar-refractivity contribution in [3.8, 4) is 0 Å². The first kappa shape index (κ1) is 15.5. The minimum Gasteiger partial charge on any atom is -0.353 e. The molecule has 3 heteroatoms. The summed E-state index contributed by atoms with van der Waals surface area (Å²) < 4.78 is 0. The number of likely N-dealkylation sites (tertiary alicyclic amines) is 1. The molecule has 3 nitrogen and oxygen atoms in total. The van der Waals surface area contributed by atoms with Gasteiger partial charge in [0.05, 0.1) is 5.41 Å². The number of carbonyl (C=O) groups is 1. The fourth-order valence-electron chi connectivity index (χ4n) is 3.88. The Morgan fingerprint density at radius 1 is 1.23 bits per heavy atom. The van der Waals surface area contributed by atoms with Crippen LogP contribution in [0.4, 0.5) is 0 Å². The molecule has 1 aliphatic heterocycles. The lowest BCUT2D eigenvalue weighted by Gasteiger charge is -2.42. The molecular weight excluding hydrogens is 272 g/mol. The van der Waals surface area contributed by atoms with E-state index in [4.69, 9.17) is 0 Å². The van der Waals surface area contributed by atoms with Gasteiger partial charge >= 0.3 is 0 Å². The molecule has 1 aliphatic carbocycles. The van der Waals surface area contributed by atoms with E-state index >= 15 is 0 Å². The van der Waals surface area contributed by atoms with Crippen LogP contribution in [-0.2, 0) is 10.2 Å². The third-order valence-electron chi connectivity index (χ3n) is 5.43. The lowest BCUT2D eigenvalue weighted by molar-refractivity contribution is -0.131. The SMILES string of the molecule is CCCN1CCC(NC(=O)C2(c3ccccc3)CCC2)CC1. The number of carbonyl (C=O) groups excluding carboxylic acids is 1. The van der Waals surface area contributed by atoms with E-state index in [0.29, 0.717) is 6.04 Å². The van der Waals surface area contributed by atoms with E-state index < -0.39 is 0 Å². The van der Waals surface area contributed by atoms with Crippen LogP contribution in [0.15, 0.2) is 30.3 Å². The highest BCUT2D eigenvalue weighted by Gasteiger charge is 2.46. The number of hydrogen-bond donors (Lipinski definition) is 1. The highest BCUT2D eigenvalue weighted by Crippen LogP contribution is 2.44. The van der Waals surface area contributed by atoms with Crippen LogP contribution >= 0.6 is 0 Å². The molecule has 22 heavy (non-hydrogen) atoms. The van der Waals surface area contributed by atoms with E-state index in [2.05, 4.69) is 29.3 Å². The predicted octanol–water partition coefficient (Wildman–Crippen LogP) is 3.10. The Morgan fingerprint density at radius 2 is 1.91 bits per heavy atom. The average molecular weight is 300 g/mol. The largest absolute Gasteiger partial charge is 0.353 e. The first-order chi connectivity index (χ1) is 10.7. The lowest BCUT2D eigenvalue weighted by Crippen LogP contribution is -2.54. The van der Waals surface area contributed by atoms with E-state index in [9.17, 15) is 4.79 Å². The predicted molar refractivity (Wildman–Crippen MR) is 89.9 cm³/mol. The van der Waals surface area contributed by atoms with Crippen LogP contribution in [0.5, 0.6) is 0 Å². The Kier molecular flexibility index (Phi) is 4.82. The van der Waals surface area contributed by atoms with Crippen molar-refractivity contribution in [3.63, 3.8) is 0 Å². The van der Waals surface area contributed by atoms with Gasteiger partial charge in [-0.15, -0.1) is 0 Å². The smallest absolute Gasteiger partial charge is 0.230 e. The van der Waals surface area contributed by atoms with Gasteiger partial charge in [-0.1, -0.05) is 43.7 Å². The summed E-state index contributed by atoms with van der Waals surface area (Å²) in [4.78, 5) is 15.4. The third kappa shape index (κ3) is 3.05. The van der Waals surface area contributed by atoms with Crippen molar-refractivity contribution >= 4 is 5.91 Å². The topological polar surface area (TPSA) is 32.3 Å². The van der Waals surface area contributed by atoms with Crippen molar-refractivity contribution in [1.29, 1.82) is 0 Å². The normalized spacial score (nSPS) is 22.0. The fourth-order valence-corrected chi connectivity index (χ4v) is 3.88. The maximum absolute atomic E-state index is 12.9. The number of rotatable bonds is 5. The summed E-state index contributed by atoms with van der Waals surface area (Å²) in [5, 5.41) is 3.36. The second-order valence-electron chi connectivity index (χ2n) is 6.89. The Morgan fingerprint density at radius 3 is 2.45 bits per heavy atom. The van der Waals surface area contributed by atoms with Gasteiger partial charge in [0.1, 0.15) is 0 Å². The van der Waals surface area contributed by atoms with Crippen LogP contribution in [0.2, 0.25) is 0 Å². The Bertz CT molecular complexity index is 487. The quantitative estimate of drug-likeness (QED) is 0.906. The van der Waals surface area contributed by atoms with Crippen molar-refractivity contribution in [1.82, 2.24) is 10.2 Å². The van der Waals surface area contributed by atoms with Gasteiger partial charge in [-0.3, -0.25) is 4.79 Å². The molecule has 1 aromatic carbocycles. The molecule has 1 heterocycles. The number of amides is 1. The molecule has 1 N–H and O–H groups in total. The molecular formula is C19H28N2O. The van der Waals surface area contributed by atoms with Crippen molar-refractivity contribution < 1.29 is 4.79 Å². The fraction of sp³-hybridized carbons (Fsp3) is 0.632. The highest BCUT2D eigenvalue weighted by molar-refractivity contribution is 5.89. The molecule has 3 rings (SSSR count). The molecule has 120 valence electrons. The average Bonchev–Trinajstić information content (AvgIpc) is 2.49. The van der Waals surface area contributed by atoms with E-state index in [1.165, 1.54) is 18.5 Å². The second kappa shape index (κ2) is 6.82. The zero-order valence-corrected chi connectivity index (χ0v) is 13.7. The first-order valence-electron chi connectivity index (χ1n) is 8.83. The van der Waals surface area contributed by atoms with Gasteiger partial charge in [0.2, 0.25) is 5.91 Å². The molecule has 1 aromatic rings.